The van der Waals surface area contributed by atoms with E-state index >= 15 is 0 Å². The summed E-state index contributed by atoms with van der Waals surface area (Å²) < 4.78 is 47.2. The molecule has 4 aliphatic carbocycles. The predicted octanol–water partition coefficient (Wildman–Crippen LogP) is 27.6. The van der Waals surface area contributed by atoms with Crippen molar-refractivity contribution in [2.75, 3.05) is 0 Å². The molecule has 2 spiro atoms. The second kappa shape index (κ2) is 33.4. The monoisotopic (exact) mass is 2350 g/mol. The molecule has 0 unspecified atom stereocenters. The first-order valence-electron chi connectivity index (χ1n) is 44.3. The fraction of sp³-hybridized carbons (Fsp3) is 0.0172. The number of benzene rings is 16. The fourth-order valence-corrected chi connectivity index (χ4v) is 23.1. The minimum Gasteiger partial charge on any atom is -0.509 e. The van der Waals surface area contributed by atoms with Crippen molar-refractivity contribution >= 4 is 107 Å². The van der Waals surface area contributed by atoms with Gasteiger partial charge in [0.15, 0.2) is 11.2 Å². The molecular formula is C116H64N12O5Pt3S2. The Kier molecular flexibility index (Phi) is 20.3. The van der Waals surface area contributed by atoms with E-state index in [1.54, 1.807) is 35.1 Å². The summed E-state index contributed by atoms with van der Waals surface area (Å²) in [5.41, 5.74) is 30.5. The molecule has 30 rings (SSSR count). The molecule has 16 aromatic carbocycles. The Morgan fingerprint density at radius 2 is 0.464 bits per heavy atom. The van der Waals surface area contributed by atoms with E-state index in [1.165, 1.54) is 98.1 Å². The number of hydrogen-bond acceptors (Lipinski definition) is 13. The van der Waals surface area contributed by atoms with E-state index in [1.807, 2.05) is 198 Å². The second-order valence-electron chi connectivity index (χ2n) is 33.6. The third-order valence-corrected chi connectivity index (χ3v) is 28.6. The van der Waals surface area contributed by atoms with Crippen molar-refractivity contribution in [3.05, 3.63) is 470 Å². The summed E-state index contributed by atoms with van der Waals surface area (Å²) >= 11 is 3.49. The van der Waals surface area contributed by atoms with Gasteiger partial charge < -0.3 is 23.0 Å². The zero-order chi connectivity index (χ0) is 88.6. The smallest absolute Gasteiger partial charge is 0.509 e. The Morgan fingerprint density at radius 3 is 0.797 bits per heavy atom. The van der Waals surface area contributed by atoms with Crippen LogP contribution in [0, 0.1) is 36.4 Å². The third kappa shape index (κ3) is 12.9. The van der Waals surface area contributed by atoms with Gasteiger partial charge in [-0.15, -0.1) is 132 Å². The summed E-state index contributed by atoms with van der Waals surface area (Å²) in [4.78, 5) is 0. The molecule has 22 heteroatoms. The van der Waals surface area contributed by atoms with Crippen molar-refractivity contribution in [1.82, 2.24) is 58.7 Å². The van der Waals surface area contributed by atoms with Gasteiger partial charge in [-0.05, 0) is 126 Å². The van der Waals surface area contributed by atoms with Gasteiger partial charge >= 0.3 is 63.2 Å². The zero-order valence-corrected chi connectivity index (χ0v) is 80.6. The molecule has 26 aromatic rings. The molecule has 0 bridgehead atoms. The number of nitrogens with zero attached hydrogens (tertiary/aromatic N) is 12. The van der Waals surface area contributed by atoms with Crippen LogP contribution in [-0.4, -0.2) is 58.7 Å². The maximum Gasteiger partial charge on any atom is 2.00 e. The van der Waals surface area contributed by atoms with Crippen LogP contribution in [-0.2, 0) is 74.0 Å². The van der Waals surface area contributed by atoms with E-state index in [2.05, 4.69) is 263 Å². The maximum atomic E-state index is 6.61. The van der Waals surface area contributed by atoms with Crippen LogP contribution in [0.15, 0.2) is 398 Å². The van der Waals surface area contributed by atoms with Crippen molar-refractivity contribution in [2.45, 2.75) is 10.8 Å². The van der Waals surface area contributed by atoms with E-state index in [0.717, 1.165) is 110 Å². The number of rotatable bonds is 12. The van der Waals surface area contributed by atoms with Gasteiger partial charge in [0.1, 0.15) is 22.2 Å². The van der Waals surface area contributed by atoms with Gasteiger partial charge in [0.25, 0.3) is 0 Å². The Morgan fingerprint density at radius 1 is 0.210 bits per heavy atom. The first-order chi connectivity index (χ1) is 66.9. The maximum absolute atomic E-state index is 6.61. The number of aromatic nitrogens is 12. The summed E-state index contributed by atoms with van der Waals surface area (Å²) in [6.45, 7) is 0. The van der Waals surface area contributed by atoms with Crippen LogP contribution in [0.3, 0.4) is 0 Å². The standard InChI is InChI=1S/C56H32N4O.C30H16N4O3.C30H16N4OS2.3Pt/c1-7-25-45-39(19-1)40-20-2-8-26-46(40)55(45)49-29-11-5-23-43(49)53-51(55)33-57-59(53)35-15-13-17-37(31-35)61-38-18-14-16-36(32-38)60-54-44-24-6-12-30-50(44)56(52(54)34-58-60)47-27-9-3-21-41(47)42-22-4-10-28-48(42)56;2*1-3-13-25-23(11-1)29-27(36-25)17-31-33(29)19-7-5-9-21(15-19)35-22-10-6-8-20(16-22)34-30-24-12-2-4-14-26(24)37-28(30)18-32-34;;;/h1-30,33-34H;2*1-14,17-18H;;;/q3*-2;3*+2. The van der Waals surface area contributed by atoms with E-state index < -0.39 is 10.8 Å². The van der Waals surface area contributed by atoms with Crippen LogP contribution in [0.25, 0.3) is 164 Å². The van der Waals surface area contributed by atoms with Gasteiger partial charge in [0.05, 0.1) is 79.8 Å². The summed E-state index contributed by atoms with van der Waals surface area (Å²) in [5.74, 6) is 3.42. The largest absolute Gasteiger partial charge is 2.00 e. The van der Waals surface area contributed by atoms with Crippen molar-refractivity contribution in [3.63, 3.8) is 0 Å². The molecule has 10 heterocycles. The number of para-hydroxylation sites is 2. The predicted molar refractivity (Wildman–Crippen MR) is 528 cm³/mol. The van der Waals surface area contributed by atoms with Crippen LogP contribution in [0.2, 0.25) is 0 Å². The zero-order valence-electron chi connectivity index (χ0n) is 72.1. The van der Waals surface area contributed by atoms with Crippen molar-refractivity contribution < 1.29 is 86.2 Å². The molecule has 10 aromatic heterocycles. The van der Waals surface area contributed by atoms with E-state index in [-0.39, 0.29) is 63.2 Å². The molecule has 0 atom stereocenters. The molecule has 0 aliphatic heterocycles. The van der Waals surface area contributed by atoms with Crippen LogP contribution >= 0.6 is 22.7 Å². The van der Waals surface area contributed by atoms with Gasteiger partial charge in [-0.3, -0.25) is 28.1 Å². The van der Waals surface area contributed by atoms with E-state index in [4.69, 9.17) is 33.2 Å². The van der Waals surface area contributed by atoms with Crippen LogP contribution in [0.4, 0.5) is 0 Å². The number of furan rings is 2. The minimum atomic E-state index is -0.460. The topological polar surface area (TPSA) is 161 Å². The molecule has 0 amide bonds. The van der Waals surface area contributed by atoms with Gasteiger partial charge in [0.2, 0.25) is 0 Å². The van der Waals surface area contributed by atoms with E-state index in [0.29, 0.717) is 34.5 Å². The summed E-state index contributed by atoms with van der Waals surface area (Å²) in [6, 6.07) is 141. The number of fused-ring (bicyclic) bond motifs is 32. The Bertz CT molecular complexity index is 8450. The number of ether oxygens (including phenoxy) is 3. The molecule has 0 saturated heterocycles. The molecule has 0 N–H and O–H groups in total. The van der Waals surface area contributed by atoms with Crippen LogP contribution < -0.4 is 14.2 Å². The van der Waals surface area contributed by atoms with Crippen molar-refractivity contribution in [1.29, 1.82) is 0 Å². The molecule has 138 heavy (non-hydrogen) atoms. The molecule has 0 radical (unpaired) electrons. The van der Waals surface area contributed by atoms with Crippen molar-refractivity contribution in [3.8, 4) is 113 Å². The fourth-order valence-electron chi connectivity index (χ4n) is 21.0. The summed E-state index contributed by atoms with van der Waals surface area (Å²) in [6.07, 6.45) is 11.4. The summed E-state index contributed by atoms with van der Waals surface area (Å²) in [7, 11) is 0. The molecule has 660 valence electrons. The molecular weight excluding hydrogens is 2290 g/mol. The van der Waals surface area contributed by atoms with Crippen LogP contribution in [0.5, 0.6) is 34.5 Å². The Balaban J connectivity index is 0.000000114. The van der Waals surface area contributed by atoms with E-state index in [9.17, 15) is 0 Å². The molecule has 4 aliphatic rings. The Hall–Kier alpha value is -15.7. The average molecular weight is 2360 g/mol. The second-order valence-corrected chi connectivity index (χ2v) is 35.8. The number of thiophene rings is 2. The third-order valence-electron chi connectivity index (χ3n) is 26.4. The number of hydrogen-bond donors (Lipinski definition) is 0. The van der Waals surface area contributed by atoms with Crippen LogP contribution in [0.1, 0.15) is 44.5 Å². The first-order valence-corrected chi connectivity index (χ1v) is 45.9. The van der Waals surface area contributed by atoms with Gasteiger partial charge in [-0.2, -0.15) is 67.0 Å². The summed E-state index contributed by atoms with van der Waals surface area (Å²) in [5, 5.41) is 32.9. The molecule has 0 fully saturated rings. The van der Waals surface area contributed by atoms with Crippen molar-refractivity contribution in [2.24, 2.45) is 0 Å². The minimum absolute atomic E-state index is 0. The molecule has 17 nitrogen and oxygen atoms in total. The van der Waals surface area contributed by atoms with Gasteiger partial charge in [-0.1, -0.05) is 206 Å². The van der Waals surface area contributed by atoms with Gasteiger partial charge in [-0.25, -0.2) is 0 Å². The first kappa shape index (κ1) is 84.1. The SMILES string of the molecule is [Pt+2].[Pt+2].[Pt+2].[c-]1c(Oc2[c-]c(-n3ncc4c3-c3ccccc3C43c4ccccc4-c4ccccc43)ccc2)cccc1-n1ncc2c1-c1ccccc1C21c2ccccc2-c2ccccc21.[c-]1c(Oc2[c-]c(-n3ncc4oc5ccccc5c43)ccc2)cccc1-n1ncc2oc3ccccc3c21.[c-]1c(Oc2[c-]c(-n3ncc4sc5ccccc5c43)ccc2)cccc1-n1ncc2sc3ccccc3c21. The van der Waals surface area contributed by atoms with Gasteiger partial charge in [0, 0.05) is 87.7 Å². The normalized spacial score (nSPS) is 12.7. The quantitative estimate of drug-likeness (QED) is 0.107. The Labute approximate surface area is 839 Å². The average Bonchev–Trinajstić information content (AvgIpc) is 1.50. The molecule has 0 saturated carbocycles.